The molecule has 0 aliphatic carbocycles. The molecule has 0 spiro atoms. The van der Waals surface area contributed by atoms with Crippen LogP contribution in [0, 0.1) is 5.92 Å². The van der Waals surface area contributed by atoms with Crippen LogP contribution < -0.4 is 10.2 Å². The lowest BCUT2D eigenvalue weighted by Gasteiger charge is -2.30. The van der Waals surface area contributed by atoms with E-state index in [4.69, 9.17) is 4.74 Å². The molecule has 2 rings (SSSR count). The largest absolute Gasteiger partial charge is 0.481 e. The summed E-state index contributed by atoms with van der Waals surface area (Å²) in [5, 5.41) is 42.2. The van der Waals surface area contributed by atoms with Gasteiger partial charge >= 0.3 is 17.9 Å². The van der Waals surface area contributed by atoms with Gasteiger partial charge in [0, 0.05) is 38.0 Å². The number of hydrogen-bond donors (Lipinski definition) is 5. The topological polar surface area (TPSA) is 191 Å². The van der Waals surface area contributed by atoms with Gasteiger partial charge in [-0.05, 0) is 43.4 Å². The molecule has 0 unspecified atom stereocenters. The Hall–Kier alpha value is -3.77. The number of ketones is 1. The summed E-state index contributed by atoms with van der Waals surface area (Å²) >= 11 is 0. The molecule has 12 heteroatoms. The minimum Gasteiger partial charge on any atom is -0.481 e. The maximum Gasteiger partial charge on any atom is 0.337 e. The molecule has 0 radical (unpaired) electrons. The molecule has 5 N–H and O–H groups in total. The smallest absolute Gasteiger partial charge is 0.337 e. The van der Waals surface area contributed by atoms with Crippen LogP contribution in [0.25, 0.3) is 0 Å². The fourth-order valence-electron chi connectivity index (χ4n) is 5.60. The quantitative estimate of drug-likeness (QED) is 0.0782. The maximum atomic E-state index is 13.3. The van der Waals surface area contributed by atoms with Crippen LogP contribution in [0.15, 0.2) is 36.4 Å². The van der Waals surface area contributed by atoms with E-state index in [1.54, 1.807) is 12.1 Å². The second-order valence-electron chi connectivity index (χ2n) is 12.2. The van der Waals surface area contributed by atoms with E-state index < -0.39 is 47.8 Å². The third-order valence-corrected chi connectivity index (χ3v) is 8.42. The van der Waals surface area contributed by atoms with Crippen molar-refractivity contribution in [3.63, 3.8) is 0 Å². The van der Waals surface area contributed by atoms with Crippen LogP contribution in [0.2, 0.25) is 0 Å². The van der Waals surface area contributed by atoms with E-state index in [9.17, 15) is 44.4 Å². The van der Waals surface area contributed by atoms with E-state index in [0.29, 0.717) is 44.5 Å². The van der Waals surface area contributed by atoms with Crippen molar-refractivity contribution in [3.05, 3.63) is 42.0 Å². The van der Waals surface area contributed by atoms with Gasteiger partial charge in [-0.1, -0.05) is 69.7 Å². The number of benzene rings is 1. The number of morpholine rings is 1. The van der Waals surface area contributed by atoms with E-state index >= 15 is 0 Å². The van der Waals surface area contributed by atoms with Crippen molar-refractivity contribution < 1.29 is 49.1 Å². The number of aliphatic hydroxyl groups is 1. The third-order valence-electron chi connectivity index (χ3n) is 8.42. The standard InChI is InChI=1S/C35H52N2O10/c1-2-3-4-7-10-13-28(38)14-11-8-5-6-9-12-15-29(35(46,34(44)45)25-31(39)40)32(41)36-30(33(42)43)24-26-16-18-27(19-17-26)37-20-22-47-23-21-37/h12,15-19,29-30,46H,2-11,13-14,20-25H2,1H3,(H,36,41)(H,39,40)(H,42,43)(H,44,45)/b15-12+/t29-,30-,35-/m0/s1. The Morgan fingerprint density at radius 2 is 1.49 bits per heavy atom. The molecular formula is C35H52N2O10. The van der Waals surface area contributed by atoms with Gasteiger partial charge < -0.3 is 35.4 Å². The summed E-state index contributed by atoms with van der Waals surface area (Å²) < 4.78 is 5.37. The maximum absolute atomic E-state index is 13.3. The molecule has 1 aromatic rings. The summed E-state index contributed by atoms with van der Waals surface area (Å²) in [5.41, 5.74) is -1.46. The van der Waals surface area contributed by atoms with Crippen molar-refractivity contribution in [3.8, 4) is 0 Å². The van der Waals surface area contributed by atoms with Crippen molar-refractivity contribution in [2.45, 2.75) is 108 Å². The van der Waals surface area contributed by atoms with E-state index in [1.165, 1.54) is 12.5 Å². The highest BCUT2D eigenvalue weighted by atomic mass is 16.5. The predicted molar refractivity (Wildman–Crippen MR) is 176 cm³/mol. The molecule has 0 saturated carbocycles. The number of amides is 1. The Labute approximate surface area is 277 Å². The highest BCUT2D eigenvalue weighted by Gasteiger charge is 2.49. The lowest BCUT2D eigenvalue weighted by molar-refractivity contribution is -0.172. The zero-order valence-corrected chi connectivity index (χ0v) is 27.5. The highest BCUT2D eigenvalue weighted by Crippen LogP contribution is 2.26. The number of anilines is 1. The molecule has 262 valence electrons. The molecular weight excluding hydrogens is 608 g/mol. The SMILES string of the molecule is CCCCCCCC(=O)CCCCCC/C=C/[C@@H](C(=O)N[C@@H](Cc1ccc(N2CCOCC2)cc1)C(=O)O)[C@@](O)(CC(=O)O)C(=O)O. The van der Waals surface area contributed by atoms with Gasteiger partial charge in [0.05, 0.1) is 25.6 Å². The van der Waals surface area contributed by atoms with E-state index in [-0.39, 0.29) is 12.2 Å². The van der Waals surface area contributed by atoms with Crippen LogP contribution in [0.5, 0.6) is 0 Å². The van der Waals surface area contributed by atoms with Gasteiger partial charge in [-0.2, -0.15) is 0 Å². The first-order valence-electron chi connectivity index (χ1n) is 16.8. The Morgan fingerprint density at radius 1 is 0.894 bits per heavy atom. The lowest BCUT2D eigenvalue weighted by atomic mass is 9.82. The number of carboxylic acids is 3. The van der Waals surface area contributed by atoms with E-state index in [2.05, 4.69) is 17.1 Å². The summed E-state index contributed by atoms with van der Waals surface area (Å²) in [4.78, 5) is 63.2. The first-order valence-corrected chi connectivity index (χ1v) is 16.8. The number of Topliss-reactive ketones (excluding diaryl/α,β-unsaturated/α-hetero) is 1. The summed E-state index contributed by atoms with van der Waals surface area (Å²) in [6, 6.07) is 5.71. The monoisotopic (exact) mass is 660 g/mol. The zero-order valence-electron chi connectivity index (χ0n) is 27.5. The molecule has 0 aromatic heterocycles. The fraction of sp³-hybridized carbons (Fsp3) is 0.629. The van der Waals surface area contributed by atoms with Crippen molar-refractivity contribution in [2.24, 2.45) is 5.92 Å². The highest BCUT2D eigenvalue weighted by molar-refractivity contribution is 5.94. The minimum absolute atomic E-state index is 0.118. The van der Waals surface area contributed by atoms with Crippen molar-refractivity contribution >= 4 is 35.3 Å². The second kappa shape index (κ2) is 21.2. The number of nitrogens with zero attached hydrogens (tertiary/aromatic N) is 1. The number of carbonyl (C=O) groups is 5. The van der Waals surface area contributed by atoms with Gasteiger partial charge in [0.25, 0.3) is 0 Å². The molecule has 1 aliphatic heterocycles. The molecule has 1 aliphatic rings. The van der Waals surface area contributed by atoms with Crippen LogP contribution in [0.3, 0.4) is 0 Å². The number of ether oxygens (including phenoxy) is 1. The first-order chi connectivity index (χ1) is 22.5. The lowest BCUT2D eigenvalue weighted by Crippen LogP contribution is -2.55. The number of allylic oxidation sites excluding steroid dienone is 1. The number of unbranched alkanes of at least 4 members (excludes halogenated alkanes) is 8. The van der Waals surface area contributed by atoms with Crippen molar-refractivity contribution in [1.82, 2.24) is 5.32 Å². The van der Waals surface area contributed by atoms with Crippen LogP contribution in [-0.2, 0) is 35.1 Å². The molecule has 0 bridgehead atoms. The van der Waals surface area contributed by atoms with Crippen LogP contribution >= 0.6 is 0 Å². The van der Waals surface area contributed by atoms with Gasteiger partial charge in [0.2, 0.25) is 5.91 Å². The van der Waals surface area contributed by atoms with Gasteiger partial charge in [-0.3, -0.25) is 14.4 Å². The molecule has 1 aromatic carbocycles. The molecule has 1 fully saturated rings. The molecule has 12 nitrogen and oxygen atoms in total. The van der Waals surface area contributed by atoms with Gasteiger partial charge in [0.15, 0.2) is 5.60 Å². The Morgan fingerprint density at radius 3 is 2.04 bits per heavy atom. The number of nitrogens with one attached hydrogen (secondary N) is 1. The van der Waals surface area contributed by atoms with Crippen molar-refractivity contribution in [2.75, 3.05) is 31.2 Å². The number of hydrogen-bond acceptors (Lipinski definition) is 8. The van der Waals surface area contributed by atoms with Gasteiger partial charge in [-0.15, -0.1) is 0 Å². The average Bonchev–Trinajstić information content (AvgIpc) is 3.03. The fourth-order valence-corrected chi connectivity index (χ4v) is 5.60. The summed E-state index contributed by atoms with van der Waals surface area (Å²) in [6.45, 7) is 4.82. The zero-order chi connectivity index (χ0) is 34.7. The summed E-state index contributed by atoms with van der Waals surface area (Å²) in [7, 11) is 0. The summed E-state index contributed by atoms with van der Waals surface area (Å²) in [6.07, 6.45) is 11.4. The van der Waals surface area contributed by atoms with Crippen LogP contribution in [0.4, 0.5) is 5.69 Å². The molecule has 1 amide bonds. The first kappa shape index (κ1) is 39.4. The number of aliphatic carboxylic acids is 3. The number of carbonyl (C=O) groups excluding carboxylic acids is 2. The summed E-state index contributed by atoms with van der Waals surface area (Å²) in [5.74, 6) is -7.62. The molecule has 1 heterocycles. The minimum atomic E-state index is -3.01. The van der Waals surface area contributed by atoms with Crippen LogP contribution in [0.1, 0.15) is 96.0 Å². The number of rotatable bonds is 24. The Bertz CT molecular complexity index is 1180. The molecule has 1 saturated heterocycles. The third kappa shape index (κ3) is 14.3. The Balaban J connectivity index is 1.99. The molecule has 47 heavy (non-hydrogen) atoms. The predicted octanol–water partition coefficient (Wildman–Crippen LogP) is 4.37. The van der Waals surface area contributed by atoms with E-state index in [1.807, 2.05) is 12.1 Å². The normalized spacial score (nSPS) is 15.9. The second-order valence-corrected chi connectivity index (χ2v) is 12.2. The average molecular weight is 661 g/mol. The van der Waals surface area contributed by atoms with Gasteiger partial charge in [0.1, 0.15) is 11.8 Å². The van der Waals surface area contributed by atoms with Crippen LogP contribution in [-0.4, -0.2) is 88.0 Å². The molecule has 3 atom stereocenters. The Kier molecular flexibility index (Phi) is 17.8. The van der Waals surface area contributed by atoms with E-state index in [0.717, 1.165) is 69.8 Å². The number of carboxylic acid groups (broad SMARTS) is 3. The van der Waals surface area contributed by atoms with Crippen molar-refractivity contribution in [1.29, 1.82) is 0 Å². The van der Waals surface area contributed by atoms with Gasteiger partial charge in [-0.25, -0.2) is 9.59 Å².